The van der Waals surface area contributed by atoms with Crippen molar-refractivity contribution >= 4 is 56.6 Å². The third-order valence-electron chi connectivity index (χ3n) is 2.52. The number of hydrogen-bond acceptors (Lipinski definition) is 7. The molecule has 0 N–H and O–H groups in total. The molecule has 2 aromatic rings. The molecule has 1 aromatic heterocycles. The molecule has 10 heteroatoms. The summed E-state index contributed by atoms with van der Waals surface area (Å²) in [6.45, 7) is 0. The molecule has 0 unspecified atom stereocenters. The van der Waals surface area contributed by atoms with Crippen LogP contribution in [0, 0.1) is 0 Å². The molecular formula is C12H12Cl2N2O3S3. The highest BCUT2D eigenvalue weighted by atomic mass is 35.5. The van der Waals surface area contributed by atoms with E-state index < -0.39 is 9.84 Å². The molecule has 5 nitrogen and oxygen atoms in total. The van der Waals surface area contributed by atoms with Crippen molar-refractivity contribution in [2.75, 3.05) is 17.8 Å². The van der Waals surface area contributed by atoms with Crippen molar-refractivity contribution in [1.29, 1.82) is 0 Å². The number of benzene rings is 1. The van der Waals surface area contributed by atoms with Crippen LogP contribution in [-0.2, 0) is 15.6 Å². The van der Waals surface area contributed by atoms with E-state index in [1.807, 2.05) is 6.26 Å². The van der Waals surface area contributed by atoms with Crippen LogP contribution in [0.1, 0.15) is 5.89 Å². The molecule has 0 saturated heterocycles. The molecule has 0 fully saturated rings. The summed E-state index contributed by atoms with van der Waals surface area (Å²) >= 11 is 14.5. The fraction of sp³-hybridized carbons (Fsp3) is 0.333. The quantitative estimate of drug-likeness (QED) is 0.656. The predicted octanol–water partition coefficient (Wildman–Crippen LogP) is 3.81. The van der Waals surface area contributed by atoms with E-state index in [1.54, 1.807) is 17.8 Å². The van der Waals surface area contributed by atoms with Crippen molar-refractivity contribution in [2.45, 2.75) is 15.9 Å². The van der Waals surface area contributed by atoms with Gasteiger partial charge in [0, 0.05) is 10.8 Å². The van der Waals surface area contributed by atoms with E-state index >= 15 is 0 Å². The molecule has 1 heterocycles. The van der Waals surface area contributed by atoms with Crippen LogP contribution >= 0.6 is 46.7 Å². The number of aromatic nitrogens is 2. The molecule has 0 aliphatic heterocycles. The summed E-state index contributed by atoms with van der Waals surface area (Å²) in [6, 6.07) is 4.37. The maximum atomic E-state index is 12.3. The molecule has 22 heavy (non-hydrogen) atoms. The van der Waals surface area contributed by atoms with Crippen LogP contribution in [0.5, 0.6) is 0 Å². The van der Waals surface area contributed by atoms with E-state index in [4.69, 9.17) is 27.6 Å². The highest BCUT2D eigenvalue weighted by Crippen LogP contribution is 2.27. The Morgan fingerprint density at radius 3 is 2.77 bits per heavy atom. The van der Waals surface area contributed by atoms with Crippen LogP contribution in [0.25, 0.3) is 0 Å². The first kappa shape index (κ1) is 17.9. The van der Waals surface area contributed by atoms with Gasteiger partial charge in [-0.1, -0.05) is 35.0 Å². The Morgan fingerprint density at radius 2 is 2.05 bits per heavy atom. The van der Waals surface area contributed by atoms with E-state index in [2.05, 4.69) is 10.2 Å². The Bertz CT molecular complexity index is 750. The zero-order valence-corrected chi connectivity index (χ0v) is 15.4. The van der Waals surface area contributed by atoms with Gasteiger partial charge in [-0.2, -0.15) is 11.8 Å². The van der Waals surface area contributed by atoms with Gasteiger partial charge in [0.05, 0.1) is 21.4 Å². The SMILES string of the molecule is CSCc1nnc(SCCS(=O)(=O)c2cc(Cl)ccc2Cl)o1. The Labute approximate surface area is 147 Å². The second-order valence-electron chi connectivity index (χ2n) is 4.14. The number of rotatable bonds is 7. The predicted molar refractivity (Wildman–Crippen MR) is 90.8 cm³/mol. The minimum absolute atomic E-state index is 0.0378. The first-order valence-corrected chi connectivity index (χ1v) is 10.8. The lowest BCUT2D eigenvalue weighted by Gasteiger charge is -2.06. The molecule has 0 spiro atoms. The molecule has 120 valence electrons. The molecule has 0 aliphatic rings. The van der Waals surface area contributed by atoms with Gasteiger partial charge >= 0.3 is 0 Å². The molecular weight excluding hydrogens is 387 g/mol. The second kappa shape index (κ2) is 7.92. The van der Waals surface area contributed by atoms with Gasteiger partial charge in [0.25, 0.3) is 5.22 Å². The summed E-state index contributed by atoms with van der Waals surface area (Å²) < 4.78 is 29.9. The summed E-state index contributed by atoms with van der Waals surface area (Å²) in [7, 11) is -3.52. The fourth-order valence-corrected chi connectivity index (χ4v) is 5.14. The third-order valence-corrected chi connectivity index (χ3v) is 6.56. The molecule has 1 aromatic carbocycles. The Hall–Kier alpha value is -0.410. The minimum Gasteiger partial charge on any atom is -0.415 e. The molecule has 0 saturated carbocycles. The van der Waals surface area contributed by atoms with Crippen LogP contribution < -0.4 is 0 Å². The average Bonchev–Trinajstić information content (AvgIpc) is 2.89. The normalized spacial score (nSPS) is 11.8. The first-order chi connectivity index (χ1) is 10.4. The van der Waals surface area contributed by atoms with E-state index in [0.29, 0.717) is 21.9 Å². The lowest BCUT2D eigenvalue weighted by Crippen LogP contribution is -2.09. The summed E-state index contributed by atoms with van der Waals surface area (Å²) in [6.07, 6.45) is 1.93. The lowest BCUT2D eigenvalue weighted by molar-refractivity contribution is 0.427. The van der Waals surface area contributed by atoms with Gasteiger partial charge in [0.15, 0.2) is 9.84 Å². The van der Waals surface area contributed by atoms with Crippen molar-refractivity contribution in [3.63, 3.8) is 0 Å². The van der Waals surface area contributed by atoms with Gasteiger partial charge in [0.1, 0.15) is 0 Å². The van der Waals surface area contributed by atoms with Gasteiger partial charge in [0.2, 0.25) is 5.89 Å². The highest BCUT2D eigenvalue weighted by molar-refractivity contribution is 8.00. The van der Waals surface area contributed by atoms with Gasteiger partial charge in [-0.3, -0.25) is 0 Å². The topological polar surface area (TPSA) is 73.1 Å². The standard InChI is InChI=1S/C12H12Cl2N2O3S3/c1-20-7-11-15-16-12(19-11)21-4-5-22(17,18)10-6-8(13)2-3-9(10)14/h2-3,6H,4-5,7H2,1H3. The largest absolute Gasteiger partial charge is 0.415 e. The van der Waals surface area contributed by atoms with Crippen LogP contribution in [-0.4, -0.2) is 36.4 Å². The van der Waals surface area contributed by atoms with Crippen LogP contribution in [0.4, 0.5) is 0 Å². The Morgan fingerprint density at radius 1 is 1.27 bits per heavy atom. The van der Waals surface area contributed by atoms with Crippen LogP contribution in [0.3, 0.4) is 0 Å². The number of thioether (sulfide) groups is 2. The fourth-order valence-electron chi connectivity index (χ4n) is 1.54. The Kier molecular flexibility index (Phi) is 6.46. The smallest absolute Gasteiger partial charge is 0.276 e. The summed E-state index contributed by atoms with van der Waals surface area (Å²) in [5.41, 5.74) is 0. The summed E-state index contributed by atoms with van der Waals surface area (Å²) in [4.78, 5) is 0.0378. The van der Waals surface area contributed by atoms with E-state index in [0.717, 1.165) is 0 Å². The van der Waals surface area contributed by atoms with Crippen molar-refractivity contribution in [3.05, 3.63) is 34.1 Å². The zero-order valence-electron chi connectivity index (χ0n) is 11.5. The highest BCUT2D eigenvalue weighted by Gasteiger charge is 2.19. The van der Waals surface area contributed by atoms with Gasteiger partial charge < -0.3 is 4.42 Å². The van der Waals surface area contributed by atoms with E-state index in [1.165, 1.54) is 23.9 Å². The summed E-state index contributed by atoms with van der Waals surface area (Å²) in [5, 5.41) is 8.56. The van der Waals surface area contributed by atoms with Crippen LogP contribution in [0.2, 0.25) is 10.0 Å². The average molecular weight is 399 g/mol. The monoisotopic (exact) mass is 398 g/mol. The minimum atomic E-state index is -3.52. The maximum Gasteiger partial charge on any atom is 0.276 e. The van der Waals surface area contributed by atoms with E-state index in [9.17, 15) is 8.42 Å². The second-order valence-corrected chi connectivity index (χ2v) is 8.97. The molecule has 0 amide bonds. The zero-order chi connectivity index (χ0) is 16.2. The van der Waals surface area contributed by atoms with Crippen molar-refractivity contribution in [2.24, 2.45) is 0 Å². The van der Waals surface area contributed by atoms with Crippen molar-refractivity contribution < 1.29 is 12.8 Å². The number of sulfone groups is 1. The number of halogens is 2. The number of hydrogen-bond donors (Lipinski definition) is 0. The van der Waals surface area contributed by atoms with Crippen LogP contribution in [0.15, 0.2) is 32.7 Å². The third kappa shape index (κ3) is 4.79. The maximum absolute atomic E-state index is 12.3. The molecule has 0 bridgehead atoms. The molecule has 0 aliphatic carbocycles. The molecule has 2 rings (SSSR count). The van der Waals surface area contributed by atoms with Gasteiger partial charge in [-0.15, -0.1) is 10.2 Å². The number of nitrogens with zero attached hydrogens (tertiary/aromatic N) is 2. The first-order valence-electron chi connectivity index (χ1n) is 6.04. The van der Waals surface area contributed by atoms with Gasteiger partial charge in [-0.25, -0.2) is 8.42 Å². The van der Waals surface area contributed by atoms with Crippen molar-refractivity contribution in [1.82, 2.24) is 10.2 Å². The van der Waals surface area contributed by atoms with E-state index in [-0.39, 0.29) is 21.4 Å². The van der Waals surface area contributed by atoms with Crippen molar-refractivity contribution in [3.8, 4) is 0 Å². The Balaban J connectivity index is 1.99. The summed E-state index contributed by atoms with van der Waals surface area (Å²) in [5.74, 6) is 1.34. The lowest BCUT2D eigenvalue weighted by atomic mass is 10.4. The molecule has 0 radical (unpaired) electrons. The molecule has 0 atom stereocenters. The van der Waals surface area contributed by atoms with Gasteiger partial charge in [-0.05, 0) is 24.5 Å².